The van der Waals surface area contributed by atoms with E-state index in [4.69, 9.17) is 0 Å². The van der Waals surface area contributed by atoms with E-state index in [0.29, 0.717) is 5.69 Å². The van der Waals surface area contributed by atoms with E-state index in [-0.39, 0.29) is 5.91 Å². The van der Waals surface area contributed by atoms with Crippen molar-refractivity contribution < 1.29 is 4.79 Å². The number of carbonyl (C=O) groups is 1. The molecule has 5 heteroatoms. The Bertz CT molecular complexity index is 436. The molecule has 1 aliphatic rings. The summed E-state index contributed by atoms with van der Waals surface area (Å²) in [6, 6.07) is 1.88. The van der Waals surface area contributed by atoms with Gasteiger partial charge in [0.1, 0.15) is 0 Å². The molecule has 0 bridgehead atoms. The van der Waals surface area contributed by atoms with Crippen molar-refractivity contribution in [3.63, 3.8) is 0 Å². The first-order valence-electron chi connectivity index (χ1n) is 5.77. The Hall–Kier alpha value is -1.78. The van der Waals surface area contributed by atoms with Crippen molar-refractivity contribution in [2.24, 2.45) is 0 Å². The van der Waals surface area contributed by atoms with E-state index in [2.05, 4.69) is 16.6 Å². The van der Waals surface area contributed by atoms with Crippen LogP contribution in [-0.4, -0.2) is 46.1 Å². The van der Waals surface area contributed by atoms with Gasteiger partial charge in [-0.2, -0.15) is 5.10 Å². The zero-order chi connectivity index (χ0) is 12.4. The summed E-state index contributed by atoms with van der Waals surface area (Å²) < 4.78 is 1.93. The van der Waals surface area contributed by atoms with Crippen molar-refractivity contribution in [2.45, 2.75) is 19.5 Å². The molecule has 0 aliphatic carbocycles. The first-order chi connectivity index (χ1) is 8.11. The number of hydrogen-bond acceptors (Lipinski definition) is 3. The summed E-state index contributed by atoms with van der Waals surface area (Å²) in [6.07, 6.45) is 2.87. The lowest BCUT2D eigenvalue weighted by Crippen LogP contribution is -2.22. The molecule has 5 nitrogen and oxygen atoms in total. The summed E-state index contributed by atoms with van der Waals surface area (Å²) in [7, 11) is 3.48. The molecule has 0 saturated heterocycles. The maximum absolute atomic E-state index is 11.8. The molecule has 2 heterocycles. The molecular weight excluding hydrogens is 216 g/mol. The minimum Gasteiger partial charge on any atom is -0.372 e. The van der Waals surface area contributed by atoms with E-state index < -0.39 is 0 Å². The molecule has 1 aromatic rings. The van der Waals surface area contributed by atoms with Crippen LogP contribution in [0.2, 0.25) is 0 Å². The molecular formula is C12H18N4O. The summed E-state index contributed by atoms with van der Waals surface area (Å²) in [5.74, 6) is -0.0456. The lowest BCUT2D eigenvalue weighted by atomic mass is 10.3. The largest absolute Gasteiger partial charge is 0.372 e. The number of rotatable bonds is 2. The molecule has 0 N–H and O–H groups in total. The number of carbonyl (C=O) groups excluding carboxylic acids is 1. The topological polar surface area (TPSA) is 41.4 Å². The van der Waals surface area contributed by atoms with Gasteiger partial charge in [-0.25, -0.2) is 0 Å². The van der Waals surface area contributed by atoms with Crippen LogP contribution in [0.3, 0.4) is 0 Å². The van der Waals surface area contributed by atoms with Crippen LogP contribution in [0.1, 0.15) is 22.6 Å². The van der Waals surface area contributed by atoms with Gasteiger partial charge >= 0.3 is 0 Å². The average molecular weight is 234 g/mol. The lowest BCUT2D eigenvalue weighted by molar-refractivity contribution is 0.0821. The van der Waals surface area contributed by atoms with Crippen LogP contribution in [0.5, 0.6) is 0 Å². The maximum Gasteiger partial charge on any atom is 0.273 e. The van der Waals surface area contributed by atoms with Gasteiger partial charge in [-0.05, 0) is 18.7 Å². The Morgan fingerprint density at radius 1 is 1.53 bits per heavy atom. The minimum absolute atomic E-state index is 0.0456. The number of aromatic nitrogens is 2. The summed E-state index contributed by atoms with van der Waals surface area (Å²) >= 11 is 0. The predicted octanol–water partition coefficient (Wildman–Crippen LogP) is 0.934. The predicted molar refractivity (Wildman–Crippen MR) is 65.5 cm³/mol. The molecule has 0 saturated carbocycles. The van der Waals surface area contributed by atoms with Crippen molar-refractivity contribution in [1.82, 2.24) is 19.6 Å². The molecule has 17 heavy (non-hydrogen) atoms. The molecule has 0 spiro atoms. The highest BCUT2D eigenvalue weighted by molar-refractivity contribution is 5.92. The highest BCUT2D eigenvalue weighted by Crippen LogP contribution is 2.14. The fraction of sp³-hybridized carbons (Fsp3) is 0.500. The maximum atomic E-state index is 11.8. The lowest BCUT2D eigenvalue weighted by Gasteiger charge is -2.15. The molecule has 0 radical (unpaired) electrons. The Balaban J connectivity index is 2.26. The number of fused-ring (bicyclic) bond motifs is 1. The third-order valence-corrected chi connectivity index (χ3v) is 2.93. The molecule has 92 valence electrons. The van der Waals surface area contributed by atoms with Crippen molar-refractivity contribution in [3.05, 3.63) is 30.2 Å². The van der Waals surface area contributed by atoms with Gasteiger partial charge in [-0.15, -0.1) is 0 Å². The Morgan fingerprint density at radius 3 is 2.94 bits per heavy atom. The fourth-order valence-electron chi connectivity index (χ4n) is 1.98. The highest BCUT2D eigenvalue weighted by atomic mass is 16.2. The Labute approximate surface area is 101 Å². The van der Waals surface area contributed by atoms with Gasteiger partial charge in [-0.3, -0.25) is 9.48 Å². The summed E-state index contributed by atoms with van der Waals surface area (Å²) in [5, 5.41) is 4.37. The second kappa shape index (κ2) is 4.61. The fourth-order valence-corrected chi connectivity index (χ4v) is 1.98. The molecule has 0 atom stereocenters. The van der Waals surface area contributed by atoms with E-state index in [1.807, 2.05) is 16.9 Å². The first-order valence-corrected chi connectivity index (χ1v) is 5.77. The normalized spacial score (nSPS) is 15.1. The monoisotopic (exact) mass is 234 g/mol. The van der Waals surface area contributed by atoms with Crippen LogP contribution in [0.4, 0.5) is 0 Å². The van der Waals surface area contributed by atoms with Gasteiger partial charge in [0.25, 0.3) is 5.91 Å². The van der Waals surface area contributed by atoms with Crippen LogP contribution in [-0.2, 0) is 13.1 Å². The summed E-state index contributed by atoms with van der Waals surface area (Å²) in [4.78, 5) is 15.5. The van der Waals surface area contributed by atoms with Crippen molar-refractivity contribution in [2.75, 3.05) is 20.6 Å². The van der Waals surface area contributed by atoms with E-state index in [1.54, 1.807) is 19.0 Å². The SMILES string of the molecule is C=CN1CCCn2nc(C(=O)N(C)C)cc2C1. The van der Waals surface area contributed by atoms with Crippen molar-refractivity contribution >= 4 is 5.91 Å². The van der Waals surface area contributed by atoms with Crippen LogP contribution >= 0.6 is 0 Å². The first kappa shape index (κ1) is 11.7. The van der Waals surface area contributed by atoms with Crippen LogP contribution in [0, 0.1) is 0 Å². The van der Waals surface area contributed by atoms with Gasteiger partial charge in [0.15, 0.2) is 5.69 Å². The third-order valence-electron chi connectivity index (χ3n) is 2.93. The van der Waals surface area contributed by atoms with Crippen LogP contribution in [0.15, 0.2) is 18.8 Å². The number of amides is 1. The average Bonchev–Trinajstić information content (AvgIpc) is 2.60. The zero-order valence-electron chi connectivity index (χ0n) is 10.4. The quantitative estimate of drug-likeness (QED) is 0.764. The van der Waals surface area contributed by atoms with Crippen LogP contribution in [0.25, 0.3) is 0 Å². The smallest absolute Gasteiger partial charge is 0.273 e. The molecule has 1 aromatic heterocycles. The Kier molecular flexibility index (Phi) is 3.17. The third kappa shape index (κ3) is 2.33. The second-order valence-corrected chi connectivity index (χ2v) is 4.45. The molecule has 0 fully saturated rings. The van der Waals surface area contributed by atoms with E-state index in [0.717, 1.165) is 31.7 Å². The molecule has 1 amide bonds. The highest BCUT2D eigenvalue weighted by Gasteiger charge is 2.18. The van der Waals surface area contributed by atoms with Crippen LogP contribution < -0.4 is 0 Å². The molecule has 1 aliphatic heterocycles. The van der Waals surface area contributed by atoms with Crippen molar-refractivity contribution in [3.8, 4) is 0 Å². The van der Waals surface area contributed by atoms with E-state index in [1.165, 1.54) is 0 Å². The number of nitrogens with zero attached hydrogens (tertiary/aromatic N) is 4. The molecule has 2 rings (SSSR count). The number of aryl methyl sites for hydroxylation is 1. The zero-order valence-corrected chi connectivity index (χ0v) is 10.4. The molecule has 0 aromatic carbocycles. The van der Waals surface area contributed by atoms with E-state index >= 15 is 0 Å². The van der Waals surface area contributed by atoms with Gasteiger partial charge in [0, 0.05) is 27.2 Å². The summed E-state index contributed by atoms with van der Waals surface area (Å²) in [5.41, 5.74) is 1.60. The van der Waals surface area contributed by atoms with Gasteiger partial charge in [-0.1, -0.05) is 6.58 Å². The van der Waals surface area contributed by atoms with Gasteiger partial charge in [0.2, 0.25) is 0 Å². The number of hydrogen-bond donors (Lipinski definition) is 0. The molecule has 0 unspecified atom stereocenters. The minimum atomic E-state index is -0.0456. The second-order valence-electron chi connectivity index (χ2n) is 4.45. The summed E-state index contributed by atoms with van der Waals surface area (Å²) in [6.45, 7) is 6.42. The Morgan fingerprint density at radius 2 is 2.29 bits per heavy atom. The van der Waals surface area contributed by atoms with Crippen molar-refractivity contribution in [1.29, 1.82) is 0 Å². The van der Waals surface area contributed by atoms with Gasteiger partial charge < -0.3 is 9.80 Å². The van der Waals surface area contributed by atoms with E-state index in [9.17, 15) is 4.79 Å². The van der Waals surface area contributed by atoms with Gasteiger partial charge in [0.05, 0.1) is 12.2 Å². The standard InChI is InChI=1S/C12H18N4O/c1-4-15-6-5-7-16-10(9-15)8-11(13-16)12(17)14(2)3/h4,8H,1,5-7,9H2,2-3H3.